The van der Waals surface area contributed by atoms with E-state index in [-0.39, 0.29) is 29.6 Å². The van der Waals surface area contributed by atoms with Crippen LogP contribution in [0.2, 0.25) is 5.02 Å². The van der Waals surface area contributed by atoms with Crippen molar-refractivity contribution in [2.24, 2.45) is 5.92 Å². The van der Waals surface area contributed by atoms with Crippen LogP contribution in [0.3, 0.4) is 0 Å². The van der Waals surface area contributed by atoms with Crippen molar-refractivity contribution in [2.45, 2.75) is 45.8 Å². The number of ketones is 1. The molecule has 3 aromatic rings. The lowest BCUT2D eigenvalue weighted by atomic mass is 9.97. The number of carbonyl (C=O) groups excluding carboxylic acids is 2. The van der Waals surface area contributed by atoms with E-state index in [1.165, 1.54) is 6.92 Å². The SMILES string of the molecule is CC(=O)C1CNCCC(=O)N1C(c1nc2cc(Cl)ccc2c(=O)n1Cc1ccccc1)C(C)C. The maximum atomic E-state index is 13.7. The number of carbonyl (C=O) groups is 2. The number of benzene rings is 2. The number of rotatable bonds is 6. The monoisotopic (exact) mass is 480 g/mol. The fourth-order valence-electron chi connectivity index (χ4n) is 4.62. The van der Waals surface area contributed by atoms with Crippen molar-refractivity contribution in [2.75, 3.05) is 13.1 Å². The minimum Gasteiger partial charge on any atom is -0.321 e. The Morgan fingerprint density at radius 3 is 2.59 bits per heavy atom. The number of nitrogens with zero attached hydrogens (tertiary/aromatic N) is 3. The smallest absolute Gasteiger partial charge is 0.261 e. The molecule has 0 radical (unpaired) electrons. The van der Waals surface area contributed by atoms with Gasteiger partial charge in [0.1, 0.15) is 11.9 Å². The molecule has 2 heterocycles. The molecule has 1 saturated heterocycles. The highest BCUT2D eigenvalue weighted by Crippen LogP contribution is 2.32. The number of nitrogens with one attached hydrogen (secondary N) is 1. The molecule has 178 valence electrons. The second kappa shape index (κ2) is 10.1. The van der Waals surface area contributed by atoms with Crippen LogP contribution in [-0.4, -0.2) is 45.3 Å². The van der Waals surface area contributed by atoms with Crippen LogP contribution >= 0.6 is 11.6 Å². The van der Waals surface area contributed by atoms with E-state index < -0.39 is 12.1 Å². The fourth-order valence-corrected chi connectivity index (χ4v) is 4.79. The summed E-state index contributed by atoms with van der Waals surface area (Å²) in [6.07, 6.45) is 0.273. The molecule has 0 saturated carbocycles. The third kappa shape index (κ3) is 4.76. The van der Waals surface area contributed by atoms with E-state index in [1.54, 1.807) is 27.7 Å². The summed E-state index contributed by atoms with van der Waals surface area (Å²) in [5, 5.41) is 4.13. The molecule has 0 aliphatic carbocycles. The van der Waals surface area contributed by atoms with Gasteiger partial charge < -0.3 is 10.2 Å². The first-order valence-corrected chi connectivity index (χ1v) is 11.9. The second-order valence-corrected chi connectivity index (χ2v) is 9.52. The van der Waals surface area contributed by atoms with E-state index in [9.17, 15) is 14.4 Å². The van der Waals surface area contributed by atoms with Crippen LogP contribution in [0.5, 0.6) is 0 Å². The molecular formula is C26H29ClN4O3. The first kappa shape index (κ1) is 24.1. The molecule has 4 rings (SSSR count). The number of hydrogen-bond acceptors (Lipinski definition) is 5. The number of Topliss-reactive ketones (excluding diaryl/α,β-unsaturated/α-hetero) is 1. The molecule has 2 atom stereocenters. The number of fused-ring (bicyclic) bond motifs is 1. The molecule has 1 aliphatic rings. The topological polar surface area (TPSA) is 84.3 Å². The Labute approximate surface area is 203 Å². The molecular weight excluding hydrogens is 452 g/mol. The first-order valence-electron chi connectivity index (χ1n) is 11.5. The summed E-state index contributed by atoms with van der Waals surface area (Å²) >= 11 is 6.23. The Kier molecular flexibility index (Phi) is 7.14. The molecule has 2 unspecified atom stereocenters. The predicted molar refractivity (Wildman–Crippen MR) is 133 cm³/mol. The van der Waals surface area contributed by atoms with Crippen LogP contribution in [-0.2, 0) is 16.1 Å². The molecule has 0 bridgehead atoms. The van der Waals surface area contributed by atoms with Crippen LogP contribution < -0.4 is 10.9 Å². The van der Waals surface area contributed by atoms with E-state index in [0.717, 1.165) is 5.56 Å². The van der Waals surface area contributed by atoms with Gasteiger partial charge >= 0.3 is 0 Å². The van der Waals surface area contributed by atoms with Gasteiger partial charge in [-0.05, 0) is 36.6 Å². The van der Waals surface area contributed by atoms with Crippen molar-refractivity contribution in [3.63, 3.8) is 0 Å². The summed E-state index contributed by atoms with van der Waals surface area (Å²) in [6.45, 7) is 6.63. The minimum absolute atomic E-state index is 0.102. The van der Waals surface area contributed by atoms with Gasteiger partial charge in [-0.15, -0.1) is 0 Å². The average molecular weight is 481 g/mol. The number of aromatic nitrogens is 2. The zero-order valence-corrected chi connectivity index (χ0v) is 20.4. The number of halogens is 1. The second-order valence-electron chi connectivity index (χ2n) is 9.08. The normalized spacial score (nSPS) is 17.7. The van der Waals surface area contributed by atoms with Crippen molar-refractivity contribution in [1.82, 2.24) is 19.8 Å². The molecule has 1 amide bonds. The van der Waals surface area contributed by atoms with Crippen LogP contribution in [0.15, 0.2) is 53.3 Å². The Balaban J connectivity index is 1.98. The van der Waals surface area contributed by atoms with Gasteiger partial charge in [-0.3, -0.25) is 19.0 Å². The van der Waals surface area contributed by atoms with Crippen molar-refractivity contribution in [3.8, 4) is 0 Å². The van der Waals surface area contributed by atoms with Crippen molar-refractivity contribution in [1.29, 1.82) is 0 Å². The lowest BCUT2D eigenvalue weighted by Gasteiger charge is -2.38. The maximum absolute atomic E-state index is 13.7. The Bertz CT molecular complexity index is 1270. The first-order chi connectivity index (χ1) is 16.3. The third-order valence-electron chi connectivity index (χ3n) is 6.27. The van der Waals surface area contributed by atoms with Gasteiger partial charge in [0.05, 0.1) is 23.5 Å². The highest BCUT2D eigenvalue weighted by atomic mass is 35.5. The van der Waals surface area contributed by atoms with Gasteiger partial charge in [-0.25, -0.2) is 4.98 Å². The van der Waals surface area contributed by atoms with Crippen LogP contribution in [0.1, 0.15) is 44.6 Å². The van der Waals surface area contributed by atoms with Gasteiger partial charge in [0.2, 0.25) is 5.91 Å². The molecule has 1 aliphatic heterocycles. The summed E-state index contributed by atoms with van der Waals surface area (Å²) in [5.41, 5.74) is 1.21. The Morgan fingerprint density at radius 2 is 1.91 bits per heavy atom. The van der Waals surface area contributed by atoms with Crippen molar-refractivity contribution in [3.05, 3.63) is 75.3 Å². The summed E-state index contributed by atoms with van der Waals surface area (Å²) in [7, 11) is 0. The summed E-state index contributed by atoms with van der Waals surface area (Å²) in [4.78, 5) is 46.2. The summed E-state index contributed by atoms with van der Waals surface area (Å²) in [5.74, 6) is 0.124. The molecule has 2 aromatic carbocycles. The molecule has 1 N–H and O–H groups in total. The van der Waals surface area contributed by atoms with Crippen molar-refractivity contribution < 1.29 is 9.59 Å². The van der Waals surface area contributed by atoms with E-state index in [1.807, 2.05) is 44.2 Å². The van der Waals surface area contributed by atoms with Gasteiger partial charge in [0, 0.05) is 24.5 Å². The minimum atomic E-state index is -0.639. The number of amides is 1. The highest BCUT2D eigenvalue weighted by Gasteiger charge is 2.39. The molecule has 34 heavy (non-hydrogen) atoms. The van der Waals surface area contributed by atoms with E-state index in [4.69, 9.17) is 16.6 Å². The Hall–Kier alpha value is -3.03. The standard InChI is InChI=1S/C26H29ClN4O3/c1-16(2)24(31-22(17(3)32)14-28-12-11-23(31)33)25-29-21-13-19(27)9-10-20(21)26(34)30(25)15-18-7-5-4-6-8-18/h4-10,13,16,22,24,28H,11-12,14-15H2,1-3H3. The lowest BCUT2D eigenvalue weighted by molar-refractivity contribution is -0.142. The molecule has 8 heteroatoms. The average Bonchev–Trinajstić information content (AvgIpc) is 2.98. The van der Waals surface area contributed by atoms with Crippen molar-refractivity contribution >= 4 is 34.2 Å². The Morgan fingerprint density at radius 1 is 1.18 bits per heavy atom. The largest absolute Gasteiger partial charge is 0.321 e. The number of hydrogen-bond donors (Lipinski definition) is 1. The highest BCUT2D eigenvalue weighted by molar-refractivity contribution is 6.31. The van der Waals surface area contributed by atoms with Gasteiger partial charge in [-0.1, -0.05) is 55.8 Å². The van der Waals surface area contributed by atoms with Crippen LogP contribution in [0.25, 0.3) is 10.9 Å². The van der Waals surface area contributed by atoms with E-state index >= 15 is 0 Å². The lowest BCUT2D eigenvalue weighted by Crippen LogP contribution is -2.51. The summed E-state index contributed by atoms with van der Waals surface area (Å²) < 4.78 is 1.64. The van der Waals surface area contributed by atoms with Gasteiger partial charge in [0.25, 0.3) is 5.56 Å². The molecule has 1 aromatic heterocycles. The van der Waals surface area contributed by atoms with E-state index in [0.29, 0.717) is 41.4 Å². The quantitative estimate of drug-likeness (QED) is 0.583. The third-order valence-corrected chi connectivity index (χ3v) is 6.51. The van der Waals surface area contributed by atoms with Gasteiger partial charge in [-0.2, -0.15) is 0 Å². The maximum Gasteiger partial charge on any atom is 0.261 e. The van der Waals surface area contributed by atoms with Crippen LogP contribution in [0, 0.1) is 5.92 Å². The zero-order chi connectivity index (χ0) is 24.4. The van der Waals surface area contributed by atoms with Crippen LogP contribution in [0.4, 0.5) is 0 Å². The predicted octanol–water partition coefficient (Wildman–Crippen LogP) is 3.57. The van der Waals surface area contributed by atoms with E-state index in [2.05, 4.69) is 5.32 Å². The zero-order valence-electron chi connectivity index (χ0n) is 19.6. The molecule has 0 spiro atoms. The molecule has 7 nitrogen and oxygen atoms in total. The van der Waals surface area contributed by atoms with Gasteiger partial charge in [0.15, 0.2) is 5.78 Å². The fraction of sp³-hybridized carbons (Fsp3) is 0.385. The molecule has 1 fully saturated rings. The summed E-state index contributed by atoms with van der Waals surface area (Å²) in [6, 6.07) is 13.5.